The van der Waals surface area contributed by atoms with Crippen molar-refractivity contribution in [2.24, 2.45) is 56.7 Å². The molecule has 33 heavy (non-hydrogen) atoms. The fraction of sp³-hybridized carbons (Fsp3) is 0.938. The quantitative estimate of drug-likeness (QED) is 0.397. The summed E-state index contributed by atoms with van der Waals surface area (Å²) in [4.78, 5) is 0. The highest BCUT2D eigenvalue weighted by molar-refractivity contribution is 5.30. The van der Waals surface area contributed by atoms with Gasteiger partial charge in [-0.25, -0.2) is 0 Å². The summed E-state index contributed by atoms with van der Waals surface area (Å²) in [5, 5.41) is 10.9. The molecule has 0 radical (unpaired) electrons. The Bertz CT molecular complexity index is 796. The van der Waals surface area contributed by atoms with Crippen LogP contribution in [0.2, 0.25) is 0 Å². The van der Waals surface area contributed by atoms with Crippen LogP contribution in [0.5, 0.6) is 0 Å². The van der Waals surface area contributed by atoms with E-state index < -0.39 is 0 Å². The number of allylic oxidation sites excluding steroid dienone is 1. The molecule has 0 aliphatic heterocycles. The van der Waals surface area contributed by atoms with Crippen molar-refractivity contribution in [3.8, 4) is 0 Å². The number of aliphatic hydroxyl groups excluding tert-OH is 1. The molecule has 5 rings (SSSR count). The third-order valence-electron chi connectivity index (χ3n) is 14.0. The first-order chi connectivity index (χ1) is 15.4. The van der Waals surface area contributed by atoms with E-state index in [0.29, 0.717) is 27.6 Å². The normalized spacial score (nSPS) is 51.5. The van der Waals surface area contributed by atoms with Gasteiger partial charge < -0.3 is 5.11 Å². The van der Waals surface area contributed by atoms with E-state index in [2.05, 4.69) is 55.0 Å². The van der Waals surface area contributed by atoms with Crippen LogP contribution in [0.25, 0.3) is 0 Å². The van der Waals surface area contributed by atoms with Gasteiger partial charge in [-0.2, -0.15) is 0 Å². The average molecular weight is 455 g/mol. The summed E-state index contributed by atoms with van der Waals surface area (Å²) in [5.74, 6) is 4.14. The molecule has 5 aliphatic rings. The first-order valence-electron chi connectivity index (χ1n) is 14.7. The fourth-order valence-corrected chi connectivity index (χ4v) is 11.8. The van der Waals surface area contributed by atoms with Crippen LogP contribution in [0.1, 0.15) is 126 Å². The van der Waals surface area contributed by atoms with Crippen LogP contribution in [0, 0.1) is 56.7 Å². The molecular formula is C32H54O. The third kappa shape index (κ3) is 2.99. The van der Waals surface area contributed by atoms with E-state index in [0.717, 1.165) is 30.1 Å². The van der Waals surface area contributed by atoms with Gasteiger partial charge in [0.15, 0.2) is 0 Å². The smallest absolute Gasteiger partial charge is 0.0594 e. The summed E-state index contributed by atoms with van der Waals surface area (Å²) in [6, 6.07) is 0. The Morgan fingerprint density at radius 1 is 0.879 bits per heavy atom. The zero-order chi connectivity index (χ0) is 24.0. The van der Waals surface area contributed by atoms with Crippen molar-refractivity contribution in [3.63, 3.8) is 0 Å². The van der Waals surface area contributed by atoms with Gasteiger partial charge in [0.2, 0.25) is 0 Å². The summed E-state index contributed by atoms with van der Waals surface area (Å²) >= 11 is 0. The second kappa shape index (κ2) is 7.60. The lowest BCUT2D eigenvalue weighted by molar-refractivity contribution is -0.161. The largest absolute Gasteiger partial charge is 0.393 e. The van der Waals surface area contributed by atoms with E-state index >= 15 is 0 Å². The van der Waals surface area contributed by atoms with E-state index in [1.807, 2.05) is 0 Å². The van der Waals surface area contributed by atoms with Crippen LogP contribution in [-0.2, 0) is 0 Å². The first kappa shape index (κ1) is 24.4. The monoisotopic (exact) mass is 454 g/mol. The molecule has 0 heterocycles. The van der Waals surface area contributed by atoms with Gasteiger partial charge in [-0.15, -0.1) is 0 Å². The van der Waals surface area contributed by atoms with Crippen LogP contribution >= 0.6 is 0 Å². The molecule has 0 aromatic heterocycles. The molecule has 188 valence electrons. The summed E-state index contributed by atoms with van der Waals surface area (Å²) in [6.07, 6.45) is 16.4. The third-order valence-corrected chi connectivity index (χ3v) is 14.0. The maximum absolute atomic E-state index is 10.9. The molecule has 5 saturated carbocycles. The van der Waals surface area contributed by atoms with E-state index in [9.17, 15) is 5.11 Å². The molecule has 1 nitrogen and oxygen atoms in total. The molecule has 0 saturated heterocycles. The van der Waals surface area contributed by atoms with Crippen molar-refractivity contribution in [2.75, 3.05) is 0 Å². The molecule has 5 aliphatic carbocycles. The van der Waals surface area contributed by atoms with Crippen molar-refractivity contribution in [3.05, 3.63) is 12.2 Å². The van der Waals surface area contributed by atoms with Crippen LogP contribution in [0.4, 0.5) is 0 Å². The van der Waals surface area contributed by atoms with Crippen LogP contribution in [0.3, 0.4) is 0 Å². The maximum Gasteiger partial charge on any atom is 0.0594 e. The van der Waals surface area contributed by atoms with Crippen LogP contribution in [0.15, 0.2) is 12.2 Å². The van der Waals surface area contributed by atoms with Gasteiger partial charge in [-0.3, -0.25) is 0 Å². The van der Waals surface area contributed by atoms with E-state index in [1.165, 1.54) is 76.2 Å². The Balaban J connectivity index is 1.37. The fourth-order valence-electron chi connectivity index (χ4n) is 11.8. The van der Waals surface area contributed by atoms with Crippen molar-refractivity contribution in [2.45, 2.75) is 132 Å². The van der Waals surface area contributed by atoms with Crippen LogP contribution in [-0.4, -0.2) is 11.2 Å². The molecule has 0 bridgehead atoms. The van der Waals surface area contributed by atoms with Crippen LogP contribution < -0.4 is 0 Å². The molecule has 0 amide bonds. The molecule has 1 heteroatoms. The summed E-state index contributed by atoms with van der Waals surface area (Å²) in [5.41, 5.74) is 3.74. The number of fused-ring (bicyclic) bond motifs is 2. The minimum absolute atomic E-state index is 0.0883. The highest BCUT2D eigenvalue weighted by atomic mass is 16.3. The first-order valence-corrected chi connectivity index (χ1v) is 14.7. The van der Waals surface area contributed by atoms with Gasteiger partial charge >= 0.3 is 0 Å². The second-order valence-electron chi connectivity index (χ2n) is 15.0. The van der Waals surface area contributed by atoms with Crippen molar-refractivity contribution in [1.29, 1.82) is 0 Å². The van der Waals surface area contributed by atoms with Crippen molar-refractivity contribution < 1.29 is 5.11 Å². The lowest BCUT2D eigenvalue weighted by Crippen LogP contribution is -2.57. The number of aliphatic hydroxyl groups is 1. The van der Waals surface area contributed by atoms with E-state index in [1.54, 1.807) is 0 Å². The summed E-state index contributed by atoms with van der Waals surface area (Å²) in [7, 11) is 0. The Hall–Kier alpha value is -0.300. The SMILES string of the molecule is C=C(C)C(CC)CC[C@H](C)[C@@H]1CC[C@@]2(C)[C@@H]3CCC4C(C)(C)[C@@H](O)CC[C@@]45CC35CC[C@]12C. The molecule has 2 spiro atoms. The van der Waals surface area contributed by atoms with Gasteiger partial charge in [0.1, 0.15) is 0 Å². The van der Waals surface area contributed by atoms with Crippen molar-refractivity contribution in [1.82, 2.24) is 0 Å². The Morgan fingerprint density at radius 3 is 2.21 bits per heavy atom. The lowest BCUT2D eigenvalue weighted by Gasteiger charge is -2.63. The lowest BCUT2D eigenvalue weighted by atomic mass is 9.41. The zero-order valence-corrected chi connectivity index (χ0v) is 23.1. The molecule has 10 atom stereocenters. The number of hydrogen-bond acceptors (Lipinski definition) is 1. The molecular weight excluding hydrogens is 400 g/mol. The summed E-state index contributed by atoms with van der Waals surface area (Å²) in [6.45, 7) is 21.7. The van der Waals surface area contributed by atoms with Gasteiger partial charge in [0, 0.05) is 0 Å². The van der Waals surface area contributed by atoms with E-state index in [-0.39, 0.29) is 11.5 Å². The minimum atomic E-state index is -0.0883. The maximum atomic E-state index is 10.9. The van der Waals surface area contributed by atoms with Gasteiger partial charge in [0.05, 0.1) is 6.10 Å². The zero-order valence-electron chi connectivity index (χ0n) is 23.1. The summed E-state index contributed by atoms with van der Waals surface area (Å²) < 4.78 is 0. The van der Waals surface area contributed by atoms with Crippen molar-refractivity contribution >= 4 is 0 Å². The molecule has 0 aromatic carbocycles. The molecule has 1 N–H and O–H groups in total. The topological polar surface area (TPSA) is 20.2 Å². The van der Waals surface area contributed by atoms with Gasteiger partial charge in [-0.05, 0) is 141 Å². The minimum Gasteiger partial charge on any atom is -0.393 e. The second-order valence-corrected chi connectivity index (χ2v) is 15.0. The molecule has 5 fully saturated rings. The average Bonchev–Trinajstić information content (AvgIpc) is 3.34. The highest BCUT2D eigenvalue weighted by Gasteiger charge is 2.82. The van der Waals surface area contributed by atoms with Gasteiger partial charge in [0.25, 0.3) is 0 Å². The Morgan fingerprint density at radius 2 is 1.55 bits per heavy atom. The van der Waals surface area contributed by atoms with Gasteiger partial charge in [-0.1, -0.05) is 53.7 Å². The predicted molar refractivity (Wildman–Crippen MR) is 140 cm³/mol. The highest BCUT2D eigenvalue weighted by Crippen LogP contribution is 2.89. The molecule has 0 aromatic rings. The number of hydrogen-bond donors (Lipinski definition) is 1. The number of rotatable bonds is 6. The standard InChI is InChI=1S/C32H54O/c1-9-23(21(2)3)11-10-22(4)24-14-16-30(8)26-13-12-25-28(5,6)27(33)15-17-31(25)20-32(26,31)19-18-29(24,30)7/h22-27,33H,2,9-20H2,1,3-8H3/t22-,23?,24-,25?,26-,27-,29+,30-,31+,32?/m0/s1. The molecule has 3 unspecified atom stereocenters. The Kier molecular flexibility index (Phi) is 5.62. The predicted octanol–water partition coefficient (Wildman–Crippen LogP) is 8.81. The Labute approximate surface area is 205 Å². The van der Waals surface area contributed by atoms with E-state index in [4.69, 9.17) is 0 Å².